The van der Waals surface area contributed by atoms with Gasteiger partial charge in [0.1, 0.15) is 0 Å². The fraction of sp³-hybridized carbons (Fsp3) is 0.357. The number of carbonyl (C=O) groups excluding carboxylic acids is 1. The smallest absolute Gasteiger partial charge is 0.222 e. The van der Waals surface area contributed by atoms with Crippen LogP contribution >= 0.6 is 0 Å². The van der Waals surface area contributed by atoms with E-state index in [1.165, 1.54) is 19.3 Å². The molecule has 5 heteroatoms. The Bertz CT molecular complexity index is 557. The molecular formula is C14H16N4O. The van der Waals surface area contributed by atoms with Crippen LogP contribution in [0, 0.1) is 5.92 Å². The molecule has 98 valence electrons. The van der Waals surface area contributed by atoms with Crippen LogP contribution in [0.4, 0.5) is 5.95 Å². The third-order valence-corrected chi connectivity index (χ3v) is 3.56. The van der Waals surface area contributed by atoms with Crippen LogP contribution in [0.5, 0.6) is 0 Å². The highest BCUT2D eigenvalue weighted by Crippen LogP contribution is 2.25. The number of hydrogen-bond acceptors (Lipinski definition) is 4. The van der Waals surface area contributed by atoms with Crippen LogP contribution in [0.3, 0.4) is 0 Å². The molecule has 19 heavy (non-hydrogen) atoms. The van der Waals surface area contributed by atoms with Crippen molar-refractivity contribution in [3.05, 3.63) is 36.4 Å². The van der Waals surface area contributed by atoms with E-state index in [9.17, 15) is 4.79 Å². The molecule has 0 atom stereocenters. The van der Waals surface area contributed by atoms with Crippen molar-refractivity contribution in [1.29, 1.82) is 0 Å². The molecule has 0 aliphatic heterocycles. The molecule has 0 spiro atoms. The molecule has 1 aliphatic carbocycles. The van der Waals surface area contributed by atoms with Gasteiger partial charge in [0.25, 0.3) is 0 Å². The number of aromatic nitrogens is 3. The molecule has 2 heterocycles. The van der Waals surface area contributed by atoms with Crippen molar-refractivity contribution in [1.82, 2.24) is 14.5 Å². The maximum absolute atomic E-state index is 10.6. The quantitative estimate of drug-likeness (QED) is 0.834. The van der Waals surface area contributed by atoms with E-state index in [4.69, 9.17) is 0 Å². The minimum Gasteiger partial charge on any atom is -0.354 e. The second-order valence-corrected chi connectivity index (χ2v) is 4.91. The molecule has 0 saturated heterocycles. The van der Waals surface area contributed by atoms with Crippen LogP contribution in [0.2, 0.25) is 0 Å². The number of carbonyl (C=O) groups is 1. The number of nitrogens with zero attached hydrogens (tertiary/aromatic N) is 3. The predicted molar refractivity (Wildman–Crippen MR) is 72.6 cm³/mol. The summed E-state index contributed by atoms with van der Waals surface area (Å²) in [5, 5.41) is 3.25. The molecule has 0 amide bonds. The van der Waals surface area contributed by atoms with E-state index in [1.807, 2.05) is 10.8 Å². The van der Waals surface area contributed by atoms with Crippen molar-refractivity contribution >= 4 is 12.2 Å². The first kappa shape index (κ1) is 11.9. The maximum atomic E-state index is 10.6. The van der Waals surface area contributed by atoms with Gasteiger partial charge in [0.15, 0.2) is 6.29 Å². The van der Waals surface area contributed by atoms with E-state index >= 15 is 0 Å². The summed E-state index contributed by atoms with van der Waals surface area (Å²) in [5.74, 6) is 1.45. The van der Waals surface area contributed by atoms with Gasteiger partial charge >= 0.3 is 0 Å². The van der Waals surface area contributed by atoms with E-state index in [-0.39, 0.29) is 0 Å². The normalized spacial score (nSPS) is 14.9. The van der Waals surface area contributed by atoms with E-state index in [0.717, 1.165) is 24.4 Å². The van der Waals surface area contributed by atoms with E-state index in [2.05, 4.69) is 15.3 Å². The summed E-state index contributed by atoms with van der Waals surface area (Å²) in [6.45, 7) is 0.957. The average Bonchev–Trinajstić information content (AvgIpc) is 2.86. The summed E-state index contributed by atoms with van der Waals surface area (Å²) in [5.41, 5.74) is 1.49. The molecule has 0 radical (unpaired) electrons. The van der Waals surface area contributed by atoms with Gasteiger partial charge in [0, 0.05) is 24.5 Å². The Morgan fingerprint density at radius 3 is 2.74 bits per heavy atom. The Labute approximate surface area is 111 Å². The largest absolute Gasteiger partial charge is 0.354 e. The zero-order chi connectivity index (χ0) is 13.1. The Morgan fingerprint density at radius 1 is 1.37 bits per heavy atom. The van der Waals surface area contributed by atoms with Crippen LogP contribution in [0.25, 0.3) is 5.69 Å². The average molecular weight is 256 g/mol. The molecule has 1 fully saturated rings. The van der Waals surface area contributed by atoms with Gasteiger partial charge in [-0.15, -0.1) is 0 Å². The van der Waals surface area contributed by atoms with Gasteiger partial charge < -0.3 is 9.88 Å². The molecule has 0 bridgehead atoms. The summed E-state index contributed by atoms with van der Waals surface area (Å²) in [6.07, 6.45) is 11.9. The highest BCUT2D eigenvalue weighted by Gasteiger charge is 2.16. The highest BCUT2D eigenvalue weighted by molar-refractivity contribution is 5.74. The summed E-state index contributed by atoms with van der Waals surface area (Å²) in [4.78, 5) is 19.2. The third kappa shape index (κ3) is 2.65. The fourth-order valence-electron chi connectivity index (χ4n) is 2.12. The van der Waals surface area contributed by atoms with Gasteiger partial charge in [0.2, 0.25) is 5.95 Å². The topological polar surface area (TPSA) is 59.8 Å². The van der Waals surface area contributed by atoms with Gasteiger partial charge in [0.05, 0.1) is 18.1 Å². The van der Waals surface area contributed by atoms with Gasteiger partial charge in [-0.1, -0.05) is 6.42 Å². The fourth-order valence-corrected chi connectivity index (χ4v) is 2.12. The first-order valence-corrected chi connectivity index (χ1v) is 6.54. The minimum absolute atomic E-state index is 0.646. The molecule has 1 saturated carbocycles. The third-order valence-electron chi connectivity index (χ3n) is 3.56. The Morgan fingerprint density at radius 2 is 2.16 bits per heavy atom. The lowest BCUT2D eigenvalue weighted by Crippen LogP contribution is -2.21. The van der Waals surface area contributed by atoms with E-state index < -0.39 is 0 Å². The minimum atomic E-state index is 0.646. The van der Waals surface area contributed by atoms with Gasteiger partial charge in [-0.05, 0) is 24.8 Å². The van der Waals surface area contributed by atoms with Gasteiger partial charge in [-0.25, -0.2) is 9.97 Å². The van der Waals surface area contributed by atoms with Crippen LogP contribution in [0.15, 0.2) is 30.9 Å². The summed E-state index contributed by atoms with van der Waals surface area (Å²) < 4.78 is 1.83. The second kappa shape index (κ2) is 5.22. The molecule has 2 aromatic rings. The zero-order valence-corrected chi connectivity index (χ0v) is 10.6. The van der Waals surface area contributed by atoms with E-state index in [0.29, 0.717) is 11.5 Å². The van der Waals surface area contributed by atoms with Crippen molar-refractivity contribution in [2.24, 2.45) is 5.92 Å². The maximum Gasteiger partial charge on any atom is 0.222 e. The second-order valence-electron chi connectivity index (χ2n) is 4.91. The Balaban J connectivity index is 1.65. The Hall–Kier alpha value is -2.17. The highest BCUT2D eigenvalue weighted by atomic mass is 16.1. The number of nitrogens with one attached hydrogen (secondary N) is 1. The molecule has 5 nitrogen and oxygen atoms in total. The van der Waals surface area contributed by atoms with Crippen molar-refractivity contribution in [3.8, 4) is 5.69 Å². The summed E-state index contributed by atoms with van der Waals surface area (Å²) in [6, 6.07) is 1.76. The van der Waals surface area contributed by atoms with Crippen LogP contribution in [0.1, 0.15) is 29.6 Å². The van der Waals surface area contributed by atoms with E-state index in [1.54, 1.807) is 24.7 Å². The zero-order valence-electron chi connectivity index (χ0n) is 10.6. The molecule has 2 aromatic heterocycles. The summed E-state index contributed by atoms with van der Waals surface area (Å²) >= 11 is 0. The molecule has 1 N–H and O–H groups in total. The standard InChI is InChI=1S/C14H16N4O/c19-10-12-4-5-18(9-12)13-7-16-14(17-8-13)15-6-11-2-1-3-11/h4-5,7-11H,1-3,6H2,(H,15,16,17). The van der Waals surface area contributed by atoms with Gasteiger partial charge in [-0.3, -0.25) is 4.79 Å². The monoisotopic (exact) mass is 256 g/mol. The molecule has 0 aromatic carbocycles. The van der Waals surface area contributed by atoms with Crippen molar-refractivity contribution in [2.75, 3.05) is 11.9 Å². The predicted octanol–water partition coefficient (Wildman–Crippen LogP) is 2.29. The molecule has 1 aliphatic rings. The molecule has 0 unspecified atom stereocenters. The lowest BCUT2D eigenvalue weighted by atomic mass is 9.85. The number of rotatable bonds is 5. The first-order chi connectivity index (χ1) is 9.35. The first-order valence-electron chi connectivity index (χ1n) is 6.54. The van der Waals surface area contributed by atoms with Crippen LogP contribution in [-0.4, -0.2) is 27.4 Å². The van der Waals surface area contributed by atoms with Crippen molar-refractivity contribution in [3.63, 3.8) is 0 Å². The van der Waals surface area contributed by atoms with Crippen molar-refractivity contribution in [2.45, 2.75) is 19.3 Å². The lowest BCUT2D eigenvalue weighted by Gasteiger charge is -2.25. The number of anilines is 1. The number of aldehydes is 1. The molecule has 3 rings (SSSR count). The molecular weight excluding hydrogens is 240 g/mol. The number of hydrogen-bond donors (Lipinski definition) is 1. The SMILES string of the molecule is O=Cc1ccn(-c2cnc(NCC3CCC3)nc2)c1. The lowest BCUT2D eigenvalue weighted by molar-refractivity contribution is 0.112. The summed E-state index contributed by atoms with van der Waals surface area (Å²) in [7, 11) is 0. The van der Waals surface area contributed by atoms with Gasteiger partial charge in [-0.2, -0.15) is 0 Å². The Kier molecular flexibility index (Phi) is 3.27. The van der Waals surface area contributed by atoms with Crippen molar-refractivity contribution < 1.29 is 4.79 Å². The van der Waals surface area contributed by atoms with Crippen LogP contribution in [-0.2, 0) is 0 Å². The van der Waals surface area contributed by atoms with Crippen LogP contribution < -0.4 is 5.32 Å².